The molecule has 15 heavy (non-hydrogen) atoms. The van der Waals surface area contributed by atoms with Crippen molar-refractivity contribution < 1.29 is 0 Å². The summed E-state index contributed by atoms with van der Waals surface area (Å²) in [6, 6.07) is 1.83. The maximum absolute atomic E-state index is 5.79. The third-order valence-corrected chi connectivity index (χ3v) is 3.90. The van der Waals surface area contributed by atoms with E-state index in [-0.39, 0.29) is 0 Å². The van der Waals surface area contributed by atoms with E-state index in [0.717, 1.165) is 29.8 Å². The molecule has 0 unspecified atom stereocenters. The van der Waals surface area contributed by atoms with E-state index in [1.807, 2.05) is 6.07 Å². The number of aromatic nitrogens is 2. The van der Waals surface area contributed by atoms with Crippen LogP contribution in [0.1, 0.15) is 12.8 Å². The van der Waals surface area contributed by atoms with Crippen LogP contribution in [0.5, 0.6) is 0 Å². The van der Waals surface area contributed by atoms with Crippen molar-refractivity contribution in [1.82, 2.24) is 15.3 Å². The lowest BCUT2D eigenvalue weighted by atomic mass is 10.0. The molecule has 1 aromatic heterocycles. The molecule has 1 fully saturated rings. The van der Waals surface area contributed by atoms with Gasteiger partial charge >= 0.3 is 0 Å². The molecule has 1 aliphatic heterocycles. The summed E-state index contributed by atoms with van der Waals surface area (Å²) < 4.78 is 0. The van der Waals surface area contributed by atoms with Crippen LogP contribution in [0.2, 0.25) is 5.15 Å². The summed E-state index contributed by atoms with van der Waals surface area (Å²) in [5.41, 5.74) is 0. The third-order valence-electron chi connectivity index (χ3n) is 2.53. The van der Waals surface area contributed by atoms with Gasteiger partial charge in [0.1, 0.15) is 16.5 Å². The number of thioether (sulfide) groups is 1. The quantitative estimate of drug-likeness (QED) is 0.653. The molecule has 1 aliphatic rings. The smallest absolute Gasteiger partial charge is 0.133 e. The standard InChI is InChI=1S/C10H14ClN3S/c11-9-5-10(14-7-13-9)15-6-8-1-3-12-4-2-8/h5,7-8,12H,1-4,6H2. The predicted octanol–water partition coefficient (Wildman–Crippen LogP) is 2.22. The Bertz CT molecular complexity index is 315. The van der Waals surface area contributed by atoms with Gasteiger partial charge in [0.25, 0.3) is 0 Å². The number of halogens is 1. The zero-order valence-corrected chi connectivity index (χ0v) is 10.0. The molecule has 0 spiro atoms. The highest BCUT2D eigenvalue weighted by molar-refractivity contribution is 7.99. The molecule has 3 nitrogen and oxygen atoms in total. The van der Waals surface area contributed by atoms with Crippen LogP contribution in [0.3, 0.4) is 0 Å². The lowest BCUT2D eigenvalue weighted by molar-refractivity contribution is 0.408. The van der Waals surface area contributed by atoms with Crippen molar-refractivity contribution in [3.8, 4) is 0 Å². The van der Waals surface area contributed by atoms with Gasteiger partial charge in [0.2, 0.25) is 0 Å². The average Bonchev–Trinajstić information content (AvgIpc) is 2.28. The fourth-order valence-corrected chi connectivity index (χ4v) is 2.92. The summed E-state index contributed by atoms with van der Waals surface area (Å²) >= 11 is 7.57. The molecule has 2 rings (SSSR count). The van der Waals surface area contributed by atoms with Crippen molar-refractivity contribution in [2.24, 2.45) is 5.92 Å². The molecule has 1 N–H and O–H groups in total. The Kier molecular flexibility index (Phi) is 4.23. The van der Waals surface area contributed by atoms with E-state index in [2.05, 4.69) is 15.3 Å². The summed E-state index contributed by atoms with van der Waals surface area (Å²) in [7, 11) is 0. The predicted molar refractivity (Wildman–Crippen MR) is 63.4 cm³/mol. The summed E-state index contributed by atoms with van der Waals surface area (Å²) in [6.07, 6.45) is 4.06. The monoisotopic (exact) mass is 243 g/mol. The second-order valence-electron chi connectivity index (χ2n) is 3.68. The fraction of sp³-hybridized carbons (Fsp3) is 0.600. The second kappa shape index (κ2) is 5.68. The lowest BCUT2D eigenvalue weighted by Gasteiger charge is -2.21. The van der Waals surface area contributed by atoms with Gasteiger partial charge in [-0.25, -0.2) is 9.97 Å². The molecular weight excluding hydrogens is 230 g/mol. The van der Waals surface area contributed by atoms with Gasteiger partial charge in [-0.15, -0.1) is 11.8 Å². The zero-order chi connectivity index (χ0) is 10.5. The molecule has 0 radical (unpaired) electrons. The molecule has 1 aromatic rings. The first kappa shape index (κ1) is 11.2. The molecular formula is C10H14ClN3S. The van der Waals surface area contributed by atoms with Crippen molar-refractivity contribution in [3.05, 3.63) is 17.5 Å². The molecule has 0 aliphatic carbocycles. The molecule has 0 bridgehead atoms. The Balaban J connectivity index is 1.81. The number of hydrogen-bond donors (Lipinski definition) is 1. The largest absolute Gasteiger partial charge is 0.317 e. The highest BCUT2D eigenvalue weighted by Gasteiger charge is 2.13. The van der Waals surface area contributed by atoms with E-state index in [9.17, 15) is 0 Å². The van der Waals surface area contributed by atoms with E-state index < -0.39 is 0 Å². The lowest BCUT2D eigenvalue weighted by Crippen LogP contribution is -2.28. The Morgan fingerprint density at radius 2 is 2.20 bits per heavy atom. The number of hydrogen-bond acceptors (Lipinski definition) is 4. The summed E-state index contributed by atoms with van der Waals surface area (Å²) in [5, 5.41) is 4.87. The summed E-state index contributed by atoms with van der Waals surface area (Å²) in [4.78, 5) is 8.04. The van der Waals surface area contributed by atoms with E-state index in [4.69, 9.17) is 11.6 Å². The number of rotatable bonds is 3. The zero-order valence-electron chi connectivity index (χ0n) is 8.45. The first-order valence-electron chi connectivity index (χ1n) is 5.15. The average molecular weight is 244 g/mol. The molecule has 5 heteroatoms. The Labute approximate surface area is 99.0 Å². The highest BCUT2D eigenvalue weighted by Crippen LogP contribution is 2.24. The number of nitrogens with zero attached hydrogens (tertiary/aromatic N) is 2. The van der Waals surface area contributed by atoms with Crippen LogP contribution in [-0.2, 0) is 0 Å². The van der Waals surface area contributed by atoms with Crippen LogP contribution in [0.25, 0.3) is 0 Å². The minimum atomic E-state index is 0.526. The van der Waals surface area contributed by atoms with Crippen molar-refractivity contribution >= 4 is 23.4 Å². The molecule has 1 saturated heterocycles. The molecule has 0 atom stereocenters. The molecule has 0 saturated carbocycles. The van der Waals surface area contributed by atoms with Crippen LogP contribution >= 0.6 is 23.4 Å². The maximum atomic E-state index is 5.79. The minimum Gasteiger partial charge on any atom is -0.317 e. The van der Waals surface area contributed by atoms with Gasteiger partial charge in [-0.3, -0.25) is 0 Å². The van der Waals surface area contributed by atoms with E-state index in [0.29, 0.717) is 5.15 Å². The van der Waals surface area contributed by atoms with Crippen molar-refractivity contribution in [2.75, 3.05) is 18.8 Å². The van der Waals surface area contributed by atoms with Gasteiger partial charge in [-0.05, 0) is 31.8 Å². The van der Waals surface area contributed by atoms with Gasteiger partial charge in [-0.1, -0.05) is 11.6 Å². The fourth-order valence-electron chi connectivity index (χ4n) is 1.65. The van der Waals surface area contributed by atoms with Gasteiger partial charge in [0.05, 0.1) is 0 Å². The normalized spacial score (nSPS) is 17.9. The second-order valence-corrected chi connectivity index (χ2v) is 5.11. The third kappa shape index (κ3) is 3.63. The van der Waals surface area contributed by atoms with Crippen LogP contribution in [0, 0.1) is 5.92 Å². The van der Waals surface area contributed by atoms with Gasteiger partial charge < -0.3 is 5.32 Å². The van der Waals surface area contributed by atoms with E-state index in [1.54, 1.807) is 11.8 Å². The molecule has 0 aromatic carbocycles. The van der Waals surface area contributed by atoms with Crippen LogP contribution < -0.4 is 5.32 Å². The first-order chi connectivity index (χ1) is 7.34. The Hall–Kier alpha value is -0.320. The van der Waals surface area contributed by atoms with Gasteiger partial charge in [0.15, 0.2) is 0 Å². The van der Waals surface area contributed by atoms with E-state index in [1.165, 1.54) is 19.2 Å². The number of nitrogens with one attached hydrogen (secondary N) is 1. The van der Waals surface area contributed by atoms with Crippen LogP contribution in [-0.4, -0.2) is 28.8 Å². The van der Waals surface area contributed by atoms with Crippen LogP contribution in [0.4, 0.5) is 0 Å². The van der Waals surface area contributed by atoms with Crippen molar-refractivity contribution in [3.63, 3.8) is 0 Å². The first-order valence-corrected chi connectivity index (χ1v) is 6.52. The molecule has 0 amide bonds. The van der Waals surface area contributed by atoms with Crippen LogP contribution in [0.15, 0.2) is 17.4 Å². The van der Waals surface area contributed by atoms with Crippen molar-refractivity contribution in [2.45, 2.75) is 17.9 Å². The number of piperidine rings is 1. The topological polar surface area (TPSA) is 37.8 Å². The summed E-state index contributed by atoms with van der Waals surface area (Å²) in [5.74, 6) is 1.94. The molecule has 82 valence electrons. The van der Waals surface area contributed by atoms with Crippen molar-refractivity contribution in [1.29, 1.82) is 0 Å². The maximum Gasteiger partial charge on any atom is 0.133 e. The highest BCUT2D eigenvalue weighted by atomic mass is 35.5. The summed E-state index contributed by atoms with van der Waals surface area (Å²) in [6.45, 7) is 2.30. The van der Waals surface area contributed by atoms with Gasteiger partial charge in [-0.2, -0.15) is 0 Å². The Morgan fingerprint density at radius 1 is 1.40 bits per heavy atom. The molecule has 2 heterocycles. The SMILES string of the molecule is Clc1cc(SCC2CCNCC2)ncn1. The Morgan fingerprint density at radius 3 is 2.93 bits per heavy atom. The van der Waals surface area contributed by atoms with E-state index >= 15 is 0 Å². The minimum absolute atomic E-state index is 0.526. The van der Waals surface area contributed by atoms with Gasteiger partial charge in [0, 0.05) is 11.8 Å².